The maximum Gasteiger partial charge on any atom is 0.244 e. The summed E-state index contributed by atoms with van der Waals surface area (Å²) in [4.78, 5) is 11.8. The Morgan fingerprint density at radius 2 is 2.05 bits per heavy atom. The molecular weight excluding hydrogens is 297 g/mol. The molecule has 0 spiro atoms. The number of amides is 1. The number of aliphatic hydroxyl groups excluding tert-OH is 1. The zero-order valence-electron chi connectivity index (χ0n) is 11.0. The number of carbonyl (C=O) groups is 1. The zero-order chi connectivity index (χ0) is 14.5. The summed E-state index contributed by atoms with van der Waals surface area (Å²) in [6, 6.07) is 4.95. The van der Waals surface area contributed by atoms with Crippen LogP contribution >= 0.6 is 23.2 Å². The number of aliphatic hydroxyl groups is 1. The highest BCUT2D eigenvalue weighted by molar-refractivity contribution is 6.35. The molecule has 20 heavy (non-hydrogen) atoms. The van der Waals surface area contributed by atoms with Crippen LogP contribution in [0.15, 0.2) is 24.3 Å². The predicted molar refractivity (Wildman–Crippen MR) is 81.9 cm³/mol. The van der Waals surface area contributed by atoms with Crippen LogP contribution in [0.3, 0.4) is 0 Å². The van der Waals surface area contributed by atoms with E-state index in [0.717, 1.165) is 31.2 Å². The normalized spacial score (nSPS) is 22.9. The Hall–Kier alpha value is -1.03. The van der Waals surface area contributed by atoms with Gasteiger partial charge in [-0.1, -0.05) is 42.1 Å². The molecule has 1 saturated carbocycles. The van der Waals surface area contributed by atoms with Crippen LogP contribution in [0.25, 0.3) is 6.08 Å². The third-order valence-electron chi connectivity index (χ3n) is 3.43. The van der Waals surface area contributed by atoms with E-state index in [-0.39, 0.29) is 11.9 Å². The second-order valence-electron chi connectivity index (χ2n) is 4.97. The summed E-state index contributed by atoms with van der Waals surface area (Å²) in [5, 5.41) is 13.7. The summed E-state index contributed by atoms with van der Waals surface area (Å²) in [6.07, 6.45) is 6.25. The number of carbonyl (C=O) groups excluding carboxylic acids is 1. The van der Waals surface area contributed by atoms with Crippen molar-refractivity contribution in [3.05, 3.63) is 39.9 Å². The molecule has 1 fully saturated rings. The van der Waals surface area contributed by atoms with Gasteiger partial charge in [0.1, 0.15) is 0 Å². The molecule has 0 unspecified atom stereocenters. The van der Waals surface area contributed by atoms with Crippen LogP contribution in [0.1, 0.15) is 31.2 Å². The van der Waals surface area contributed by atoms with E-state index in [4.69, 9.17) is 23.2 Å². The lowest BCUT2D eigenvalue weighted by Gasteiger charge is -2.27. The van der Waals surface area contributed by atoms with Crippen molar-refractivity contribution in [3.8, 4) is 0 Å². The summed E-state index contributed by atoms with van der Waals surface area (Å²) >= 11 is 11.8. The standard InChI is InChI=1S/C15H17Cl2NO2/c16-11-7-5-10(12(17)9-11)6-8-15(20)18-13-3-1-2-4-14(13)19/h5-9,13-14,19H,1-4H2,(H,18,20)/b8-6+/t13-,14-/m0/s1. The molecule has 2 rings (SSSR count). The number of halogens is 2. The van der Waals surface area contributed by atoms with Gasteiger partial charge in [0, 0.05) is 16.1 Å². The van der Waals surface area contributed by atoms with Crippen molar-refractivity contribution in [2.75, 3.05) is 0 Å². The van der Waals surface area contributed by atoms with Gasteiger partial charge < -0.3 is 10.4 Å². The van der Waals surface area contributed by atoms with E-state index in [1.54, 1.807) is 24.3 Å². The molecule has 1 aliphatic rings. The Balaban J connectivity index is 1.95. The molecule has 0 heterocycles. The van der Waals surface area contributed by atoms with Gasteiger partial charge in [-0.15, -0.1) is 0 Å². The SMILES string of the molecule is O=C(/C=C/c1ccc(Cl)cc1Cl)N[C@H]1CCCC[C@@H]1O. The van der Waals surface area contributed by atoms with Crippen LogP contribution in [0.4, 0.5) is 0 Å². The number of hydrogen-bond acceptors (Lipinski definition) is 2. The summed E-state index contributed by atoms with van der Waals surface area (Å²) in [5.74, 6) is -0.220. The molecule has 0 aromatic heterocycles. The van der Waals surface area contributed by atoms with Crippen LogP contribution in [0.2, 0.25) is 10.0 Å². The van der Waals surface area contributed by atoms with E-state index >= 15 is 0 Å². The summed E-state index contributed by atoms with van der Waals surface area (Å²) in [5.41, 5.74) is 0.732. The van der Waals surface area contributed by atoms with Gasteiger partial charge in [-0.05, 0) is 36.6 Å². The summed E-state index contributed by atoms with van der Waals surface area (Å²) in [6.45, 7) is 0. The average Bonchev–Trinajstić information content (AvgIpc) is 2.40. The average molecular weight is 314 g/mol. The van der Waals surface area contributed by atoms with Crippen LogP contribution in [-0.2, 0) is 4.79 Å². The molecule has 0 saturated heterocycles. The molecule has 0 bridgehead atoms. The molecule has 1 aromatic rings. The van der Waals surface area contributed by atoms with Gasteiger partial charge in [-0.3, -0.25) is 4.79 Å². The number of benzene rings is 1. The van der Waals surface area contributed by atoms with Crippen LogP contribution in [-0.4, -0.2) is 23.2 Å². The summed E-state index contributed by atoms with van der Waals surface area (Å²) < 4.78 is 0. The van der Waals surface area contributed by atoms with Gasteiger partial charge in [-0.25, -0.2) is 0 Å². The molecule has 3 nitrogen and oxygen atoms in total. The molecule has 0 aliphatic heterocycles. The van der Waals surface area contributed by atoms with Crippen molar-refractivity contribution in [2.24, 2.45) is 0 Å². The maximum atomic E-state index is 11.8. The molecule has 5 heteroatoms. The topological polar surface area (TPSA) is 49.3 Å². The predicted octanol–water partition coefficient (Wildman–Crippen LogP) is 3.43. The van der Waals surface area contributed by atoms with Crippen LogP contribution in [0, 0.1) is 0 Å². The lowest BCUT2D eigenvalue weighted by atomic mass is 9.92. The van der Waals surface area contributed by atoms with Gasteiger partial charge in [-0.2, -0.15) is 0 Å². The molecule has 1 amide bonds. The van der Waals surface area contributed by atoms with E-state index in [0.29, 0.717) is 10.0 Å². The molecule has 2 N–H and O–H groups in total. The first-order valence-electron chi connectivity index (χ1n) is 6.68. The van der Waals surface area contributed by atoms with Gasteiger partial charge in [0.25, 0.3) is 0 Å². The Kier molecular flexibility index (Phi) is 5.46. The Labute approximate surface area is 128 Å². The monoisotopic (exact) mass is 313 g/mol. The lowest BCUT2D eigenvalue weighted by molar-refractivity contribution is -0.118. The Morgan fingerprint density at radius 1 is 1.30 bits per heavy atom. The fourth-order valence-corrected chi connectivity index (χ4v) is 2.78. The van der Waals surface area contributed by atoms with Gasteiger partial charge in [0.15, 0.2) is 0 Å². The first-order chi connectivity index (χ1) is 9.56. The zero-order valence-corrected chi connectivity index (χ0v) is 12.5. The lowest BCUT2D eigenvalue weighted by Crippen LogP contribution is -2.44. The smallest absolute Gasteiger partial charge is 0.244 e. The largest absolute Gasteiger partial charge is 0.391 e. The second kappa shape index (κ2) is 7.11. The summed E-state index contributed by atoms with van der Waals surface area (Å²) in [7, 11) is 0. The van der Waals surface area contributed by atoms with E-state index in [1.807, 2.05) is 0 Å². The quantitative estimate of drug-likeness (QED) is 0.840. The van der Waals surface area contributed by atoms with Crippen molar-refractivity contribution in [3.63, 3.8) is 0 Å². The second-order valence-corrected chi connectivity index (χ2v) is 5.81. The molecular formula is C15H17Cl2NO2. The van der Waals surface area contributed by atoms with Gasteiger partial charge in [0.2, 0.25) is 5.91 Å². The minimum atomic E-state index is -0.444. The fraction of sp³-hybridized carbons (Fsp3) is 0.400. The van der Waals surface area contributed by atoms with E-state index in [9.17, 15) is 9.90 Å². The van der Waals surface area contributed by atoms with Crippen molar-refractivity contribution < 1.29 is 9.90 Å². The highest BCUT2D eigenvalue weighted by atomic mass is 35.5. The van der Waals surface area contributed by atoms with Crippen molar-refractivity contribution in [1.82, 2.24) is 5.32 Å². The Bertz CT molecular complexity index is 517. The number of hydrogen-bond donors (Lipinski definition) is 2. The van der Waals surface area contributed by atoms with Crippen molar-refractivity contribution in [2.45, 2.75) is 37.8 Å². The third-order valence-corrected chi connectivity index (χ3v) is 4.00. The van der Waals surface area contributed by atoms with E-state index < -0.39 is 6.10 Å². The minimum Gasteiger partial charge on any atom is -0.391 e. The van der Waals surface area contributed by atoms with Crippen molar-refractivity contribution >= 4 is 35.2 Å². The fourth-order valence-electron chi connectivity index (χ4n) is 2.31. The number of nitrogens with one attached hydrogen (secondary N) is 1. The van der Waals surface area contributed by atoms with Crippen LogP contribution in [0.5, 0.6) is 0 Å². The first kappa shape index (κ1) is 15.4. The highest BCUT2D eigenvalue weighted by Crippen LogP contribution is 2.22. The first-order valence-corrected chi connectivity index (χ1v) is 7.43. The minimum absolute atomic E-state index is 0.151. The highest BCUT2D eigenvalue weighted by Gasteiger charge is 2.23. The van der Waals surface area contributed by atoms with Gasteiger partial charge in [0.05, 0.1) is 12.1 Å². The molecule has 2 atom stereocenters. The Morgan fingerprint density at radius 3 is 2.75 bits per heavy atom. The van der Waals surface area contributed by atoms with E-state index in [2.05, 4.69) is 5.32 Å². The molecule has 108 valence electrons. The van der Waals surface area contributed by atoms with Crippen molar-refractivity contribution in [1.29, 1.82) is 0 Å². The maximum absolute atomic E-state index is 11.8. The molecule has 1 aliphatic carbocycles. The van der Waals surface area contributed by atoms with Crippen LogP contribution < -0.4 is 5.32 Å². The number of rotatable bonds is 3. The van der Waals surface area contributed by atoms with Gasteiger partial charge >= 0.3 is 0 Å². The molecule has 0 radical (unpaired) electrons. The van der Waals surface area contributed by atoms with E-state index in [1.165, 1.54) is 6.08 Å². The third kappa shape index (κ3) is 4.23. The molecule has 1 aromatic carbocycles.